The number of carbonyl (C=O) groups is 2. The van der Waals surface area contributed by atoms with Gasteiger partial charge in [0.1, 0.15) is 5.70 Å². The second kappa shape index (κ2) is 7.04. The minimum Gasteiger partial charge on any atom is -0.466 e. The van der Waals surface area contributed by atoms with E-state index in [1.54, 1.807) is 0 Å². The van der Waals surface area contributed by atoms with E-state index in [4.69, 9.17) is 9.47 Å². The molecule has 0 aromatic heterocycles. The molecule has 5 nitrogen and oxygen atoms in total. The number of methoxy groups -OCH3 is 2. The number of rotatable bonds is 5. The maximum absolute atomic E-state index is 12.4. The first-order chi connectivity index (χ1) is 12.5. The number of benzene rings is 2. The summed E-state index contributed by atoms with van der Waals surface area (Å²) >= 11 is 0. The van der Waals surface area contributed by atoms with Crippen LogP contribution < -0.4 is 0 Å². The SMILES string of the molecule is COC(=O)/C=C(/C(=O)OC)N1[C@@H](c2ccccc2)[C@@]1(C)c1ccccc1. The zero-order valence-electron chi connectivity index (χ0n) is 15.0. The third-order valence-electron chi connectivity index (χ3n) is 4.81. The first kappa shape index (κ1) is 17.7. The molecule has 0 bridgehead atoms. The molecular weight excluding hydrogens is 330 g/mol. The van der Waals surface area contributed by atoms with Crippen molar-refractivity contribution in [2.24, 2.45) is 0 Å². The Balaban J connectivity index is 2.11. The predicted octanol–water partition coefficient (Wildman–Crippen LogP) is 3.19. The minimum atomic E-state index is -0.598. The first-order valence-electron chi connectivity index (χ1n) is 8.31. The van der Waals surface area contributed by atoms with Crippen molar-refractivity contribution in [2.75, 3.05) is 14.2 Å². The third kappa shape index (κ3) is 2.96. The van der Waals surface area contributed by atoms with Gasteiger partial charge < -0.3 is 14.4 Å². The van der Waals surface area contributed by atoms with Gasteiger partial charge in [0, 0.05) is 0 Å². The molecule has 2 aromatic rings. The van der Waals surface area contributed by atoms with E-state index in [-0.39, 0.29) is 11.7 Å². The summed E-state index contributed by atoms with van der Waals surface area (Å²) in [5.74, 6) is -1.17. The Morgan fingerprint density at radius 3 is 2.08 bits per heavy atom. The van der Waals surface area contributed by atoms with Crippen LogP contribution in [0.4, 0.5) is 0 Å². The maximum Gasteiger partial charge on any atom is 0.354 e. The van der Waals surface area contributed by atoms with Gasteiger partial charge in [0.25, 0.3) is 0 Å². The summed E-state index contributed by atoms with van der Waals surface area (Å²) in [6, 6.07) is 19.7. The number of esters is 2. The van der Waals surface area contributed by atoms with Crippen molar-refractivity contribution in [3.8, 4) is 0 Å². The molecule has 2 aromatic carbocycles. The maximum atomic E-state index is 12.4. The van der Waals surface area contributed by atoms with Crippen molar-refractivity contribution in [3.63, 3.8) is 0 Å². The fourth-order valence-electron chi connectivity index (χ4n) is 3.46. The van der Waals surface area contributed by atoms with Crippen LogP contribution in [-0.4, -0.2) is 31.1 Å². The highest BCUT2D eigenvalue weighted by molar-refractivity contribution is 5.96. The molecule has 0 spiro atoms. The molecule has 1 aliphatic rings. The lowest BCUT2D eigenvalue weighted by Gasteiger charge is -2.15. The summed E-state index contributed by atoms with van der Waals surface area (Å²) < 4.78 is 9.63. The lowest BCUT2D eigenvalue weighted by Crippen LogP contribution is -2.20. The summed E-state index contributed by atoms with van der Waals surface area (Å²) in [7, 11) is 2.58. The van der Waals surface area contributed by atoms with Crippen molar-refractivity contribution in [3.05, 3.63) is 83.6 Å². The molecule has 1 saturated heterocycles. The molecule has 2 atom stereocenters. The number of hydrogen-bond acceptors (Lipinski definition) is 5. The van der Waals surface area contributed by atoms with Gasteiger partial charge >= 0.3 is 11.9 Å². The molecule has 0 aliphatic carbocycles. The average Bonchev–Trinajstić information content (AvgIpc) is 3.33. The highest BCUT2D eigenvalue weighted by atomic mass is 16.5. The summed E-state index contributed by atoms with van der Waals surface area (Å²) in [4.78, 5) is 26.1. The van der Waals surface area contributed by atoms with Gasteiger partial charge in [-0.2, -0.15) is 0 Å². The molecular formula is C21H21NO4. The fourth-order valence-corrected chi connectivity index (χ4v) is 3.46. The van der Waals surface area contributed by atoms with E-state index in [1.807, 2.05) is 72.5 Å². The molecule has 5 heteroatoms. The lowest BCUT2D eigenvalue weighted by molar-refractivity contribution is -0.139. The molecule has 1 fully saturated rings. The van der Waals surface area contributed by atoms with E-state index in [2.05, 4.69) is 0 Å². The normalized spacial score (nSPS) is 21.9. The van der Waals surface area contributed by atoms with E-state index in [1.165, 1.54) is 20.3 Å². The molecule has 0 saturated carbocycles. The Kier molecular flexibility index (Phi) is 4.80. The van der Waals surface area contributed by atoms with Crippen LogP contribution in [0.5, 0.6) is 0 Å². The Hall–Kier alpha value is -3.08. The average molecular weight is 351 g/mol. The molecule has 0 unspecified atom stereocenters. The fraction of sp³-hybridized carbons (Fsp3) is 0.238. The molecule has 134 valence electrons. The second-order valence-corrected chi connectivity index (χ2v) is 6.24. The van der Waals surface area contributed by atoms with E-state index in [9.17, 15) is 9.59 Å². The summed E-state index contributed by atoms with van der Waals surface area (Å²) in [5, 5.41) is 0. The largest absolute Gasteiger partial charge is 0.466 e. The Labute approximate surface area is 152 Å². The molecule has 0 N–H and O–H groups in total. The van der Waals surface area contributed by atoms with Crippen molar-refractivity contribution in [1.29, 1.82) is 0 Å². The second-order valence-electron chi connectivity index (χ2n) is 6.24. The number of carbonyl (C=O) groups excluding carboxylic acids is 2. The van der Waals surface area contributed by atoms with Crippen LogP contribution in [0.3, 0.4) is 0 Å². The van der Waals surface area contributed by atoms with Crippen LogP contribution in [-0.2, 0) is 24.6 Å². The Bertz CT molecular complexity index is 832. The van der Waals surface area contributed by atoms with Gasteiger partial charge in [-0.25, -0.2) is 9.59 Å². The van der Waals surface area contributed by atoms with Crippen molar-refractivity contribution in [1.82, 2.24) is 4.90 Å². The van der Waals surface area contributed by atoms with Gasteiger partial charge in [-0.05, 0) is 18.1 Å². The highest BCUT2D eigenvalue weighted by Crippen LogP contribution is 2.62. The van der Waals surface area contributed by atoms with Gasteiger partial charge in [0.15, 0.2) is 0 Å². The van der Waals surface area contributed by atoms with E-state index >= 15 is 0 Å². The monoisotopic (exact) mass is 351 g/mol. The van der Waals surface area contributed by atoms with E-state index < -0.39 is 17.5 Å². The van der Waals surface area contributed by atoms with Gasteiger partial charge in [-0.15, -0.1) is 0 Å². The van der Waals surface area contributed by atoms with Crippen LogP contribution in [0.25, 0.3) is 0 Å². The lowest BCUT2D eigenvalue weighted by atomic mass is 9.93. The van der Waals surface area contributed by atoms with Crippen molar-refractivity contribution >= 4 is 11.9 Å². The Morgan fingerprint density at radius 2 is 1.54 bits per heavy atom. The van der Waals surface area contributed by atoms with Gasteiger partial charge in [-0.1, -0.05) is 60.7 Å². The smallest absolute Gasteiger partial charge is 0.354 e. The number of ether oxygens (including phenoxy) is 2. The number of nitrogens with zero attached hydrogens (tertiary/aromatic N) is 1. The summed E-state index contributed by atoms with van der Waals surface area (Å²) in [6.07, 6.45) is 1.19. The van der Waals surface area contributed by atoms with Crippen LogP contribution in [0, 0.1) is 0 Å². The zero-order chi connectivity index (χ0) is 18.7. The van der Waals surface area contributed by atoms with Crippen molar-refractivity contribution < 1.29 is 19.1 Å². The predicted molar refractivity (Wildman–Crippen MR) is 96.9 cm³/mol. The number of hydrogen-bond donors (Lipinski definition) is 0. The van der Waals surface area contributed by atoms with Crippen LogP contribution in [0.15, 0.2) is 72.4 Å². The summed E-state index contributed by atoms with van der Waals surface area (Å²) in [5.41, 5.74) is 1.81. The van der Waals surface area contributed by atoms with Gasteiger partial charge in [-0.3, -0.25) is 0 Å². The highest BCUT2D eigenvalue weighted by Gasteiger charge is 2.63. The van der Waals surface area contributed by atoms with Gasteiger partial charge in [0.2, 0.25) is 0 Å². The molecule has 0 amide bonds. The summed E-state index contributed by atoms with van der Waals surface area (Å²) in [6.45, 7) is 2.05. The van der Waals surface area contributed by atoms with Crippen molar-refractivity contribution in [2.45, 2.75) is 18.5 Å². The zero-order valence-corrected chi connectivity index (χ0v) is 15.0. The standard InChI is InChI=1S/C21H21NO4/c1-21(16-12-8-5-9-13-16)19(15-10-6-4-7-11-15)22(21)17(20(24)26-3)14-18(23)25-2/h4-14,19H,1-3H3/b17-14-/t19-,21+,22?/m0/s1. The van der Waals surface area contributed by atoms with Gasteiger partial charge in [0.05, 0.1) is 31.9 Å². The molecule has 1 aliphatic heterocycles. The molecule has 3 rings (SSSR count). The van der Waals surface area contributed by atoms with E-state index in [0.717, 1.165) is 11.1 Å². The topological polar surface area (TPSA) is 55.6 Å². The quantitative estimate of drug-likeness (QED) is 0.470. The van der Waals surface area contributed by atoms with Crippen LogP contribution in [0.2, 0.25) is 0 Å². The van der Waals surface area contributed by atoms with E-state index in [0.29, 0.717) is 0 Å². The Morgan fingerprint density at radius 1 is 0.962 bits per heavy atom. The van der Waals surface area contributed by atoms with Crippen LogP contribution >= 0.6 is 0 Å². The molecule has 26 heavy (non-hydrogen) atoms. The minimum absolute atomic E-state index is 0.0962. The molecule has 1 heterocycles. The first-order valence-corrected chi connectivity index (χ1v) is 8.31. The van der Waals surface area contributed by atoms with Crippen LogP contribution in [0.1, 0.15) is 24.1 Å². The molecule has 0 radical (unpaired) electrons. The third-order valence-corrected chi connectivity index (χ3v) is 4.81.